The molecule has 0 radical (unpaired) electrons. The molecule has 4 unspecified atom stereocenters. The van der Waals surface area contributed by atoms with Crippen LogP contribution in [-0.2, 0) is 4.79 Å². The number of amides is 1. The Hall–Kier alpha value is -0.690. The van der Waals surface area contributed by atoms with Crippen LogP contribution >= 0.6 is 0 Å². The van der Waals surface area contributed by atoms with E-state index >= 15 is 0 Å². The van der Waals surface area contributed by atoms with Crippen molar-refractivity contribution in [3.8, 4) is 0 Å². The molecule has 0 aromatic heterocycles. The van der Waals surface area contributed by atoms with Gasteiger partial charge in [-0.25, -0.2) is 0 Å². The SMILES string of the molecule is CCCCCCCCCCCCCCCCCCCCCCCCCCCC(O)C(O)C(CO)NC(=O)C(O)CCCCCCCCCCC. The summed E-state index contributed by atoms with van der Waals surface area (Å²) >= 11 is 0. The molecule has 4 atom stereocenters. The van der Waals surface area contributed by atoms with E-state index in [1.807, 2.05) is 0 Å². The molecule has 6 nitrogen and oxygen atoms in total. The quantitative estimate of drug-likeness (QED) is 0.0406. The van der Waals surface area contributed by atoms with Crippen molar-refractivity contribution in [2.24, 2.45) is 0 Å². The third-order valence-corrected chi connectivity index (χ3v) is 10.8. The van der Waals surface area contributed by atoms with E-state index in [9.17, 15) is 25.2 Å². The van der Waals surface area contributed by atoms with E-state index in [0.717, 1.165) is 38.5 Å². The fourth-order valence-electron chi connectivity index (χ4n) is 7.23. The zero-order chi connectivity index (χ0) is 36.8. The highest BCUT2D eigenvalue weighted by Gasteiger charge is 2.28. The predicted octanol–water partition coefficient (Wildman–Crippen LogP) is 11.6. The first kappa shape index (κ1) is 49.3. The normalized spacial score (nSPS) is 14.1. The Labute approximate surface area is 311 Å². The Morgan fingerprint density at radius 1 is 0.420 bits per heavy atom. The molecule has 0 saturated heterocycles. The second kappa shape index (κ2) is 39.5. The molecule has 0 bridgehead atoms. The zero-order valence-electron chi connectivity index (χ0n) is 33.7. The van der Waals surface area contributed by atoms with E-state index in [1.54, 1.807) is 0 Å². The minimum Gasteiger partial charge on any atom is -0.394 e. The number of carbonyl (C=O) groups is 1. The summed E-state index contributed by atoms with van der Waals surface area (Å²) < 4.78 is 0. The van der Waals surface area contributed by atoms with Gasteiger partial charge >= 0.3 is 0 Å². The molecule has 1 amide bonds. The van der Waals surface area contributed by atoms with Gasteiger partial charge in [-0.15, -0.1) is 0 Å². The van der Waals surface area contributed by atoms with Crippen molar-refractivity contribution in [3.05, 3.63) is 0 Å². The molecular formula is C44H89NO5. The average Bonchev–Trinajstić information content (AvgIpc) is 3.12. The Balaban J connectivity index is 3.59. The van der Waals surface area contributed by atoms with Gasteiger partial charge in [-0.3, -0.25) is 4.79 Å². The van der Waals surface area contributed by atoms with Gasteiger partial charge < -0.3 is 25.7 Å². The minimum absolute atomic E-state index is 0.373. The number of hydrogen-bond donors (Lipinski definition) is 5. The Bertz CT molecular complexity index is 677. The van der Waals surface area contributed by atoms with E-state index in [1.165, 1.54) is 180 Å². The number of rotatable bonds is 41. The van der Waals surface area contributed by atoms with E-state index in [2.05, 4.69) is 19.2 Å². The number of carbonyl (C=O) groups excluding carboxylic acids is 1. The first-order valence-electron chi connectivity index (χ1n) is 22.4. The van der Waals surface area contributed by atoms with Crippen LogP contribution in [0.3, 0.4) is 0 Å². The smallest absolute Gasteiger partial charge is 0.249 e. The highest BCUT2D eigenvalue weighted by Crippen LogP contribution is 2.17. The molecule has 0 spiro atoms. The molecule has 0 aliphatic rings. The van der Waals surface area contributed by atoms with Crippen molar-refractivity contribution < 1.29 is 25.2 Å². The number of nitrogens with one attached hydrogen (secondary N) is 1. The second-order valence-corrected chi connectivity index (χ2v) is 15.8. The summed E-state index contributed by atoms with van der Waals surface area (Å²) in [5.41, 5.74) is 0. The first-order chi connectivity index (χ1) is 24.5. The van der Waals surface area contributed by atoms with Crippen molar-refractivity contribution >= 4 is 5.91 Å². The maximum Gasteiger partial charge on any atom is 0.249 e. The van der Waals surface area contributed by atoms with Crippen molar-refractivity contribution in [1.29, 1.82) is 0 Å². The second-order valence-electron chi connectivity index (χ2n) is 15.8. The highest BCUT2D eigenvalue weighted by molar-refractivity contribution is 5.80. The lowest BCUT2D eigenvalue weighted by atomic mass is 9.99. The van der Waals surface area contributed by atoms with E-state index in [-0.39, 0.29) is 0 Å². The lowest BCUT2D eigenvalue weighted by Crippen LogP contribution is -2.53. The summed E-state index contributed by atoms with van der Waals surface area (Å²) in [7, 11) is 0. The van der Waals surface area contributed by atoms with Crippen LogP contribution in [0.4, 0.5) is 0 Å². The van der Waals surface area contributed by atoms with Gasteiger partial charge in [0.2, 0.25) is 5.91 Å². The predicted molar refractivity (Wildman–Crippen MR) is 215 cm³/mol. The molecule has 0 aliphatic carbocycles. The largest absolute Gasteiger partial charge is 0.394 e. The molecule has 0 heterocycles. The minimum atomic E-state index is -1.25. The third-order valence-electron chi connectivity index (χ3n) is 10.8. The molecule has 50 heavy (non-hydrogen) atoms. The van der Waals surface area contributed by atoms with Crippen molar-refractivity contribution in [3.63, 3.8) is 0 Å². The van der Waals surface area contributed by atoms with Crippen LogP contribution in [-0.4, -0.2) is 57.3 Å². The number of hydrogen-bond acceptors (Lipinski definition) is 5. The zero-order valence-corrected chi connectivity index (χ0v) is 33.7. The van der Waals surface area contributed by atoms with E-state index < -0.39 is 36.9 Å². The molecular weight excluding hydrogens is 622 g/mol. The summed E-state index contributed by atoms with van der Waals surface area (Å²) in [6, 6.07) is -0.977. The van der Waals surface area contributed by atoms with Gasteiger partial charge in [-0.2, -0.15) is 0 Å². The average molecular weight is 712 g/mol. The van der Waals surface area contributed by atoms with Crippen LogP contribution in [0.5, 0.6) is 0 Å². The molecule has 0 aromatic carbocycles. The first-order valence-corrected chi connectivity index (χ1v) is 22.4. The summed E-state index contributed by atoms with van der Waals surface area (Å²) in [6.45, 7) is 4.03. The summed E-state index contributed by atoms with van der Waals surface area (Å²) in [5, 5.41) is 43.5. The van der Waals surface area contributed by atoms with E-state index in [0.29, 0.717) is 12.8 Å². The summed E-state index contributed by atoms with van der Waals surface area (Å²) in [5.74, 6) is -0.583. The third kappa shape index (κ3) is 33.2. The van der Waals surface area contributed by atoms with Crippen LogP contribution in [0.25, 0.3) is 0 Å². The Morgan fingerprint density at radius 3 is 0.960 bits per heavy atom. The number of aliphatic hydroxyl groups is 4. The standard InChI is InChI=1S/C44H89NO5/c1-3-5-7-9-11-13-14-15-16-17-18-19-20-21-22-23-24-25-26-27-28-30-31-33-35-37-41(47)43(49)40(39-46)45-44(50)42(48)38-36-34-32-29-12-10-8-6-4-2/h40-43,46-49H,3-39H2,1-2H3,(H,45,50). The van der Waals surface area contributed by atoms with Crippen LogP contribution < -0.4 is 5.32 Å². The van der Waals surface area contributed by atoms with Crippen LogP contribution in [0.2, 0.25) is 0 Å². The molecule has 0 aliphatic heterocycles. The molecule has 5 N–H and O–H groups in total. The lowest BCUT2D eigenvalue weighted by molar-refractivity contribution is -0.132. The summed E-state index contributed by atoms with van der Waals surface area (Å²) in [6.07, 6.45) is 41.6. The topological polar surface area (TPSA) is 110 Å². The van der Waals surface area contributed by atoms with Gasteiger partial charge in [-0.1, -0.05) is 232 Å². The fraction of sp³-hybridized carbons (Fsp3) is 0.977. The van der Waals surface area contributed by atoms with Crippen molar-refractivity contribution in [1.82, 2.24) is 5.32 Å². The van der Waals surface area contributed by atoms with Gasteiger partial charge in [0.15, 0.2) is 0 Å². The van der Waals surface area contributed by atoms with Gasteiger partial charge in [0.1, 0.15) is 12.2 Å². The van der Waals surface area contributed by atoms with Crippen molar-refractivity contribution in [2.75, 3.05) is 6.61 Å². The van der Waals surface area contributed by atoms with Gasteiger partial charge in [0, 0.05) is 0 Å². The molecule has 0 fully saturated rings. The monoisotopic (exact) mass is 712 g/mol. The van der Waals surface area contributed by atoms with Gasteiger partial charge in [-0.05, 0) is 12.8 Å². The van der Waals surface area contributed by atoms with Gasteiger partial charge in [0.05, 0.1) is 18.8 Å². The molecule has 300 valence electrons. The number of aliphatic hydroxyl groups excluding tert-OH is 4. The Morgan fingerprint density at radius 2 is 0.680 bits per heavy atom. The molecule has 0 saturated carbocycles. The highest BCUT2D eigenvalue weighted by atomic mass is 16.3. The van der Waals surface area contributed by atoms with Crippen LogP contribution in [0.1, 0.15) is 245 Å². The number of unbranched alkanes of at least 4 members (excludes halogenated alkanes) is 32. The Kier molecular flexibility index (Phi) is 39.0. The maximum absolute atomic E-state index is 12.4. The van der Waals surface area contributed by atoms with Gasteiger partial charge in [0.25, 0.3) is 0 Å². The van der Waals surface area contributed by atoms with E-state index in [4.69, 9.17) is 0 Å². The van der Waals surface area contributed by atoms with Crippen molar-refractivity contribution in [2.45, 2.75) is 269 Å². The maximum atomic E-state index is 12.4. The summed E-state index contributed by atoms with van der Waals surface area (Å²) in [4.78, 5) is 12.4. The van der Waals surface area contributed by atoms with Crippen LogP contribution in [0.15, 0.2) is 0 Å². The molecule has 0 rings (SSSR count). The van der Waals surface area contributed by atoms with Crippen LogP contribution in [0, 0.1) is 0 Å². The molecule has 6 heteroatoms. The fourth-order valence-corrected chi connectivity index (χ4v) is 7.23. The lowest BCUT2D eigenvalue weighted by Gasteiger charge is -2.27. The molecule has 0 aromatic rings.